The Bertz CT molecular complexity index is 794. The van der Waals surface area contributed by atoms with E-state index in [9.17, 15) is 9.59 Å². The average Bonchev–Trinajstić information content (AvgIpc) is 3.14. The largest absolute Gasteiger partial charge is 0.462 e. The van der Waals surface area contributed by atoms with Gasteiger partial charge in [-0.25, -0.2) is 14.8 Å². The van der Waals surface area contributed by atoms with Crippen LogP contribution in [0.1, 0.15) is 30.1 Å². The molecule has 26 heavy (non-hydrogen) atoms. The number of esters is 1. The smallest absolute Gasteiger partial charge is 0.341 e. The molecular weight excluding hydrogens is 334 g/mol. The Kier molecular flexibility index (Phi) is 5.31. The first-order chi connectivity index (χ1) is 12.6. The fourth-order valence-corrected chi connectivity index (χ4v) is 2.89. The van der Waals surface area contributed by atoms with Crippen LogP contribution in [0.15, 0.2) is 36.7 Å². The molecule has 0 saturated carbocycles. The van der Waals surface area contributed by atoms with Crippen LogP contribution in [0, 0.1) is 0 Å². The summed E-state index contributed by atoms with van der Waals surface area (Å²) in [5.74, 6) is -0.204. The summed E-state index contributed by atoms with van der Waals surface area (Å²) in [6.07, 6.45) is 4.39. The van der Waals surface area contributed by atoms with E-state index < -0.39 is 5.97 Å². The number of benzene rings is 1. The van der Waals surface area contributed by atoms with Crippen molar-refractivity contribution in [1.29, 1.82) is 0 Å². The van der Waals surface area contributed by atoms with Gasteiger partial charge in [0.05, 0.1) is 23.5 Å². The summed E-state index contributed by atoms with van der Waals surface area (Å²) in [5.41, 5.74) is 7.27. The van der Waals surface area contributed by atoms with E-state index in [0.29, 0.717) is 30.3 Å². The molecule has 2 heterocycles. The molecule has 1 aliphatic rings. The molecule has 1 saturated heterocycles. The van der Waals surface area contributed by atoms with Crippen molar-refractivity contribution < 1.29 is 14.3 Å². The van der Waals surface area contributed by atoms with Gasteiger partial charge in [0, 0.05) is 18.9 Å². The van der Waals surface area contributed by atoms with E-state index in [-0.39, 0.29) is 24.1 Å². The Morgan fingerprint density at radius 3 is 2.73 bits per heavy atom. The average molecular weight is 355 g/mol. The Balaban J connectivity index is 1.72. The van der Waals surface area contributed by atoms with E-state index >= 15 is 0 Å². The summed E-state index contributed by atoms with van der Waals surface area (Å²) >= 11 is 0. The number of carbonyl (C=O) groups is 2. The zero-order chi connectivity index (χ0) is 18.5. The summed E-state index contributed by atoms with van der Waals surface area (Å²) in [7, 11) is 0. The molecule has 1 amide bonds. The van der Waals surface area contributed by atoms with E-state index in [1.807, 2.05) is 17.0 Å². The second-order valence-electron chi connectivity index (χ2n) is 5.92. The zero-order valence-electron chi connectivity index (χ0n) is 14.5. The number of para-hydroxylation sites is 2. The fraction of sp³-hybridized carbons (Fsp3) is 0.333. The molecule has 0 radical (unpaired) electrons. The Labute approximate surface area is 151 Å². The van der Waals surface area contributed by atoms with Crippen LogP contribution in [-0.4, -0.2) is 41.0 Å². The highest BCUT2D eigenvalue weighted by Gasteiger charge is 2.32. The van der Waals surface area contributed by atoms with Gasteiger partial charge in [-0.3, -0.25) is 4.79 Å². The lowest BCUT2D eigenvalue weighted by Crippen LogP contribution is -2.40. The molecule has 136 valence electrons. The number of nitrogens with two attached hydrogens (primary N) is 1. The third-order valence-electron chi connectivity index (χ3n) is 4.18. The summed E-state index contributed by atoms with van der Waals surface area (Å²) in [4.78, 5) is 34.7. The van der Waals surface area contributed by atoms with E-state index in [4.69, 9.17) is 10.5 Å². The highest BCUT2D eigenvalue weighted by Crippen LogP contribution is 2.25. The van der Waals surface area contributed by atoms with E-state index in [1.165, 1.54) is 12.4 Å². The number of aromatic nitrogens is 2. The van der Waals surface area contributed by atoms with Crippen molar-refractivity contribution in [1.82, 2.24) is 9.97 Å². The molecule has 3 rings (SSSR count). The maximum atomic E-state index is 12.7. The molecule has 8 heteroatoms. The highest BCUT2D eigenvalue weighted by atomic mass is 16.5. The molecule has 1 aliphatic heterocycles. The van der Waals surface area contributed by atoms with E-state index in [1.54, 1.807) is 19.1 Å². The standard InChI is InChI=1S/C18H21N5O3/c1-2-26-17(25)12-10-20-18(21-11-12)23-9-5-8-15(23)16(24)22-14-7-4-3-6-13(14)19/h3-4,6-7,10-11,15H,2,5,8-9,19H2,1H3,(H,22,24). The number of carbonyl (C=O) groups excluding carboxylic acids is 2. The zero-order valence-corrected chi connectivity index (χ0v) is 14.5. The molecule has 2 aromatic rings. The van der Waals surface area contributed by atoms with E-state index in [0.717, 1.165) is 6.42 Å². The molecule has 1 atom stereocenters. The minimum atomic E-state index is -0.464. The van der Waals surface area contributed by atoms with Crippen molar-refractivity contribution >= 4 is 29.2 Å². The number of hydrogen-bond acceptors (Lipinski definition) is 7. The number of ether oxygens (including phenoxy) is 1. The van der Waals surface area contributed by atoms with Crippen molar-refractivity contribution in [3.8, 4) is 0 Å². The predicted octanol–water partition coefficient (Wildman–Crippen LogP) is 1.84. The number of nitrogen functional groups attached to an aromatic ring is 1. The quantitative estimate of drug-likeness (QED) is 0.622. The van der Waals surface area contributed by atoms with Gasteiger partial charge in [-0.2, -0.15) is 0 Å². The summed E-state index contributed by atoms with van der Waals surface area (Å²) in [5, 5.41) is 2.86. The summed E-state index contributed by atoms with van der Waals surface area (Å²) < 4.78 is 4.92. The fourth-order valence-electron chi connectivity index (χ4n) is 2.89. The lowest BCUT2D eigenvalue weighted by Gasteiger charge is -2.24. The molecule has 0 aliphatic carbocycles. The molecule has 0 spiro atoms. The normalized spacial score (nSPS) is 16.3. The Morgan fingerprint density at radius 2 is 2.04 bits per heavy atom. The van der Waals surface area contributed by atoms with Crippen LogP contribution in [0.5, 0.6) is 0 Å². The van der Waals surface area contributed by atoms with Crippen molar-refractivity contribution in [3.63, 3.8) is 0 Å². The first-order valence-electron chi connectivity index (χ1n) is 8.51. The number of anilines is 3. The van der Waals surface area contributed by atoms with Gasteiger partial charge in [0.2, 0.25) is 11.9 Å². The molecule has 3 N–H and O–H groups in total. The van der Waals surface area contributed by atoms with Gasteiger partial charge in [0.1, 0.15) is 6.04 Å². The molecule has 1 fully saturated rings. The first-order valence-corrected chi connectivity index (χ1v) is 8.51. The molecule has 1 unspecified atom stereocenters. The van der Waals surface area contributed by atoms with Crippen molar-refractivity contribution in [2.75, 3.05) is 29.1 Å². The van der Waals surface area contributed by atoms with E-state index in [2.05, 4.69) is 15.3 Å². The van der Waals surface area contributed by atoms with Crippen LogP contribution in [0.2, 0.25) is 0 Å². The van der Waals surface area contributed by atoms with Gasteiger partial charge in [-0.05, 0) is 31.9 Å². The van der Waals surface area contributed by atoms with Crippen molar-refractivity contribution in [2.24, 2.45) is 0 Å². The lowest BCUT2D eigenvalue weighted by molar-refractivity contribution is -0.117. The first kappa shape index (κ1) is 17.7. The van der Waals surface area contributed by atoms with Crippen LogP contribution in [-0.2, 0) is 9.53 Å². The maximum absolute atomic E-state index is 12.7. The van der Waals surface area contributed by atoms with Crippen LogP contribution in [0.25, 0.3) is 0 Å². The molecule has 1 aromatic carbocycles. The number of nitrogens with one attached hydrogen (secondary N) is 1. The SMILES string of the molecule is CCOC(=O)c1cnc(N2CCCC2C(=O)Nc2ccccc2N)nc1. The number of amides is 1. The number of hydrogen-bond donors (Lipinski definition) is 2. The van der Waals surface area contributed by atoms with Gasteiger partial charge in [-0.15, -0.1) is 0 Å². The van der Waals surface area contributed by atoms with Crippen LogP contribution >= 0.6 is 0 Å². The molecular formula is C18H21N5O3. The van der Waals surface area contributed by atoms with Gasteiger partial charge in [0.25, 0.3) is 0 Å². The number of nitrogens with zero attached hydrogens (tertiary/aromatic N) is 3. The maximum Gasteiger partial charge on any atom is 0.341 e. The molecule has 1 aromatic heterocycles. The Morgan fingerprint density at radius 1 is 1.31 bits per heavy atom. The van der Waals surface area contributed by atoms with Gasteiger partial charge in [-0.1, -0.05) is 12.1 Å². The van der Waals surface area contributed by atoms with Crippen LogP contribution in [0.4, 0.5) is 17.3 Å². The van der Waals surface area contributed by atoms with Crippen molar-refractivity contribution in [3.05, 3.63) is 42.2 Å². The molecule has 8 nitrogen and oxygen atoms in total. The molecule has 0 bridgehead atoms. The van der Waals surface area contributed by atoms with Gasteiger partial charge < -0.3 is 20.7 Å². The monoisotopic (exact) mass is 355 g/mol. The Hall–Kier alpha value is -3.16. The van der Waals surface area contributed by atoms with Gasteiger partial charge in [0.15, 0.2) is 0 Å². The second kappa shape index (κ2) is 7.81. The topological polar surface area (TPSA) is 110 Å². The minimum Gasteiger partial charge on any atom is -0.462 e. The summed E-state index contributed by atoms with van der Waals surface area (Å²) in [6.45, 7) is 2.69. The predicted molar refractivity (Wildman–Crippen MR) is 97.8 cm³/mol. The lowest BCUT2D eigenvalue weighted by atomic mass is 10.2. The van der Waals surface area contributed by atoms with Crippen LogP contribution in [0.3, 0.4) is 0 Å². The van der Waals surface area contributed by atoms with Crippen LogP contribution < -0.4 is 16.0 Å². The second-order valence-corrected chi connectivity index (χ2v) is 5.92. The third-order valence-corrected chi connectivity index (χ3v) is 4.18. The van der Waals surface area contributed by atoms with Gasteiger partial charge >= 0.3 is 5.97 Å². The van der Waals surface area contributed by atoms with Crippen molar-refractivity contribution in [2.45, 2.75) is 25.8 Å². The highest BCUT2D eigenvalue weighted by molar-refractivity contribution is 5.99. The summed E-state index contributed by atoms with van der Waals surface area (Å²) in [6, 6.07) is 6.74. The minimum absolute atomic E-state index is 0.154. The third kappa shape index (κ3) is 3.74. The number of rotatable bonds is 5.